The Morgan fingerprint density at radius 3 is 2.48 bits per heavy atom. The largest absolute Gasteiger partial charge is 0.452 e. The first-order chi connectivity index (χ1) is 13.3. The van der Waals surface area contributed by atoms with E-state index >= 15 is 0 Å². The summed E-state index contributed by atoms with van der Waals surface area (Å²) in [5.41, 5.74) is 4.71. The average molecular weight is 372 g/mol. The van der Waals surface area contributed by atoms with Crippen molar-refractivity contribution in [2.45, 2.75) is 0 Å². The Kier molecular flexibility index (Phi) is 3.77. The molecule has 2 aromatic heterocycles. The molecule has 0 fully saturated rings. The molecule has 5 heteroatoms. The molecule has 0 bridgehead atoms. The van der Waals surface area contributed by atoms with Gasteiger partial charge in [-0.25, -0.2) is 9.97 Å². The lowest BCUT2D eigenvalue weighted by molar-refractivity contribution is 0.667. The molecule has 4 nitrogen and oxygen atoms in total. The molecule has 0 radical (unpaired) electrons. The van der Waals surface area contributed by atoms with Crippen molar-refractivity contribution in [3.8, 4) is 11.3 Å². The summed E-state index contributed by atoms with van der Waals surface area (Å²) in [4.78, 5) is 9.45. The lowest BCUT2D eigenvalue weighted by Crippen LogP contribution is -1.99. The van der Waals surface area contributed by atoms with Gasteiger partial charge >= 0.3 is 0 Å². The van der Waals surface area contributed by atoms with E-state index in [0.29, 0.717) is 22.2 Å². The van der Waals surface area contributed by atoms with Crippen LogP contribution in [-0.4, -0.2) is 9.97 Å². The second-order valence-electron chi connectivity index (χ2n) is 6.17. The Hall–Kier alpha value is -3.37. The van der Waals surface area contributed by atoms with Gasteiger partial charge in [-0.2, -0.15) is 0 Å². The van der Waals surface area contributed by atoms with Crippen LogP contribution in [0.25, 0.3) is 33.3 Å². The van der Waals surface area contributed by atoms with Crippen molar-refractivity contribution >= 4 is 45.3 Å². The molecule has 0 aliphatic rings. The average Bonchev–Trinajstić information content (AvgIpc) is 3.07. The molecule has 0 amide bonds. The topological polar surface area (TPSA) is 51.0 Å². The third-order valence-corrected chi connectivity index (χ3v) is 4.58. The maximum absolute atomic E-state index is 6.20. The van der Waals surface area contributed by atoms with Crippen molar-refractivity contribution in [1.29, 1.82) is 0 Å². The minimum Gasteiger partial charge on any atom is -0.452 e. The number of halogens is 1. The summed E-state index contributed by atoms with van der Waals surface area (Å²) in [6.07, 6.45) is 0. The number of anilines is 2. The molecule has 0 spiro atoms. The van der Waals surface area contributed by atoms with Gasteiger partial charge in [-0.05, 0) is 36.4 Å². The van der Waals surface area contributed by atoms with Gasteiger partial charge in [-0.15, -0.1) is 0 Å². The lowest BCUT2D eigenvalue weighted by Gasteiger charge is -2.08. The van der Waals surface area contributed by atoms with Gasteiger partial charge in [0.15, 0.2) is 5.58 Å². The maximum atomic E-state index is 6.20. The van der Waals surface area contributed by atoms with Crippen molar-refractivity contribution < 1.29 is 4.42 Å². The Bertz CT molecular complexity index is 1260. The number of nitrogens with one attached hydrogen (secondary N) is 1. The van der Waals surface area contributed by atoms with E-state index < -0.39 is 0 Å². The van der Waals surface area contributed by atoms with E-state index in [0.717, 1.165) is 27.7 Å². The van der Waals surface area contributed by atoms with Crippen LogP contribution in [-0.2, 0) is 0 Å². The summed E-state index contributed by atoms with van der Waals surface area (Å²) in [5, 5.41) is 4.88. The van der Waals surface area contributed by atoms with Crippen LogP contribution >= 0.6 is 11.6 Å². The molecule has 0 aliphatic carbocycles. The smallest absolute Gasteiger partial charge is 0.228 e. The number of benzene rings is 3. The van der Waals surface area contributed by atoms with Gasteiger partial charge in [0.2, 0.25) is 5.95 Å². The molecule has 5 rings (SSSR count). The second-order valence-corrected chi connectivity index (χ2v) is 6.61. The van der Waals surface area contributed by atoms with Crippen LogP contribution < -0.4 is 5.32 Å². The highest BCUT2D eigenvalue weighted by Gasteiger charge is 2.17. The third kappa shape index (κ3) is 2.90. The number of hydrogen-bond donors (Lipinski definition) is 1. The van der Waals surface area contributed by atoms with Crippen molar-refractivity contribution in [2.24, 2.45) is 0 Å². The second kappa shape index (κ2) is 6.41. The molecular formula is C22H14ClN3O. The van der Waals surface area contributed by atoms with E-state index in [1.807, 2.05) is 78.9 Å². The van der Waals surface area contributed by atoms with Gasteiger partial charge in [-0.3, -0.25) is 0 Å². The minimum absolute atomic E-state index is 0.509. The highest BCUT2D eigenvalue weighted by Crippen LogP contribution is 2.35. The number of para-hydroxylation sites is 2. The maximum Gasteiger partial charge on any atom is 0.228 e. The highest BCUT2D eigenvalue weighted by molar-refractivity contribution is 6.30. The molecule has 0 atom stereocenters. The Labute approximate surface area is 160 Å². The Morgan fingerprint density at radius 1 is 0.815 bits per heavy atom. The summed E-state index contributed by atoms with van der Waals surface area (Å²) in [6.45, 7) is 0. The summed E-state index contributed by atoms with van der Waals surface area (Å²) >= 11 is 6.20. The predicted octanol–water partition coefficient (Wildman–Crippen LogP) is 6.44. The fraction of sp³-hybridized carbons (Fsp3) is 0. The summed E-state index contributed by atoms with van der Waals surface area (Å²) < 4.78 is 6.09. The number of fused-ring (bicyclic) bond motifs is 3. The van der Waals surface area contributed by atoms with Crippen molar-refractivity contribution in [1.82, 2.24) is 9.97 Å². The SMILES string of the molecule is Clc1cccc(-c2nc(Nc3ccccc3)nc3c2oc2ccccc23)c1. The first-order valence-electron chi connectivity index (χ1n) is 8.55. The van der Waals surface area contributed by atoms with E-state index in [9.17, 15) is 0 Å². The first-order valence-corrected chi connectivity index (χ1v) is 8.93. The van der Waals surface area contributed by atoms with Crippen LogP contribution in [0.3, 0.4) is 0 Å². The van der Waals surface area contributed by atoms with Crippen LogP contribution in [0.2, 0.25) is 5.02 Å². The summed E-state index contributed by atoms with van der Waals surface area (Å²) in [5.74, 6) is 0.509. The van der Waals surface area contributed by atoms with Crippen molar-refractivity contribution in [3.63, 3.8) is 0 Å². The van der Waals surface area contributed by atoms with Crippen LogP contribution in [0.4, 0.5) is 11.6 Å². The lowest BCUT2D eigenvalue weighted by atomic mass is 10.1. The van der Waals surface area contributed by atoms with Gasteiger partial charge in [0.25, 0.3) is 0 Å². The number of nitrogens with zero attached hydrogens (tertiary/aromatic N) is 2. The molecule has 3 aromatic carbocycles. The molecule has 27 heavy (non-hydrogen) atoms. The number of aromatic nitrogens is 2. The molecule has 0 saturated heterocycles. The minimum atomic E-state index is 0.509. The van der Waals surface area contributed by atoms with Gasteiger partial charge in [0.1, 0.15) is 16.8 Å². The van der Waals surface area contributed by atoms with Crippen LogP contribution in [0.15, 0.2) is 83.3 Å². The van der Waals surface area contributed by atoms with E-state index in [2.05, 4.69) is 5.32 Å². The zero-order valence-electron chi connectivity index (χ0n) is 14.2. The molecule has 5 aromatic rings. The van der Waals surface area contributed by atoms with Crippen LogP contribution in [0.1, 0.15) is 0 Å². The van der Waals surface area contributed by atoms with Crippen LogP contribution in [0.5, 0.6) is 0 Å². The molecule has 2 heterocycles. The van der Waals surface area contributed by atoms with Gasteiger partial charge in [-0.1, -0.05) is 54.1 Å². The fourth-order valence-electron chi connectivity index (χ4n) is 3.13. The molecule has 1 N–H and O–H groups in total. The number of rotatable bonds is 3. The summed E-state index contributed by atoms with van der Waals surface area (Å²) in [6, 6.07) is 25.3. The quantitative estimate of drug-likeness (QED) is 0.396. The van der Waals surface area contributed by atoms with Crippen LogP contribution in [0, 0.1) is 0 Å². The molecule has 0 saturated carbocycles. The fourth-order valence-corrected chi connectivity index (χ4v) is 3.32. The van der Waals surface area contributed by atoms with Gasteiger partial charge < -0.3 is 9.73 Å². The van der Waals surface area contributed by atoms with E-state index in [1.165, 1.54) is 0 Å². The van der Waals surface area contributed by atoms with E-state index in [-0.39, 0.29) is 0 Å². The molecule has 0 unspecified atom stereocenters. The first kappa shape index (κ1) is 15.9. The van der Waals surface area contributed by atoms with Crippen molar-refractivity contribution in [2.75, 3.05) is 5.32 Å². The third-order valence-electron chi connectivity index (χ3n) is 4.35. The van der Waals surface area contributed by atoms with E-state index in [1.54, 1.807) is 0 Å². The zero-order valence-corrected chi connectivity index (χ0v) is 14.9. The summed E-state index contributed by atoms with van der Waals surface area (Å²) in [7, 11) is 0. The Morgan fingerprint density at radius 2 is 1.63 bits per heavy atom. The Balaban J connectivity index is 1.78. The number of furan rings is 1. The predicted molar refractivity (Wildman–Crippen MR) is 109 cm³/mol. The molecule has 0 aliphatic heterocycles. The number of hydrogen-bond acceptors (Lipinski definition) is 4. The van der Waals surface area contributed by atoms with Gasteiger partial charge in [0, 0.05) is 21.7 Å². The zero-order chi connectivity index (χ0) is 18.2. The monoisotopic (exact) mass is 371 g/mol. The van der Waals surface area contributed by atoms with Gasteiger partial charge in [0.05, 0.1) is 0 Å². The molecular weight excluding hydrogens is 358 g/mol. The van der Waals surface area contributed by atoms with E-state index in [4.69, 9.17) is 26.0 Å². The molecule has 130 valence electrons. The standard InChI is InChI=1S/C22H14ClN3O/c23-15-8-6-7-14(13-15)19-21-20(17-11-4-5-12-18(17)27-21)26-22(25-19)24-16-9-2-1-3-10-16/h1-13H,(H,24,25,26). The normalized spacial score (nSPS) is 11.1. The highest BCUT2D eigenvalue weighted by atomic mass is 35.5. The van der Waals surface area contributed by atoms with Crippen molar-refractivity contribution in [3.05, 3.63) is 83.9 Å².